The Morgan fingerprint density at radius 3 is 2.41 bits per heavy atom. The molecule has 1 fully saturated rings. The van der Waals surface area contributed by atoms with Crippen LogP contribution >= 0.6 is 0 Å². The molecule has 0 bridgehead atoms. The predicted octanol–water partition coefficient (Wildman–Crippen LogP) is 2.81. The zero-order valence-corrected chi connectivity index (χ0v) is 18.1. The van der Waals surface area contributed by atoms with Crippen LogP contribution in [0.25, 0.3) is 0 Å². The number of aryl methyl sites for hydroxylation is 3. The molecular weight excluding hydrogens is 386 g/mol. The monoisotopic (exact) mass is 415 g/mol. The first-order chi connectivity index (χ1) is 13.8. The van der Waals surface area contributed by atoms with Crippen molar-refractivity contribution in [1.29, 1.82) is 0 Å². The van der Waals surface area contributed by atoms with Crippen LogP contribution < -0.4 is 5.32 Å². The van der Waals surface area contributed by atoms with Crippen molar-refractivity contribution in [2.75, 3.05) is 38.0 Å². The standard InChI is InChI=1S/C22H29N3O3S/c1-4-19-7-5-6-8-20(19)23-22(26)16-24-11-13-25(14-12-24)29(27,28)21-15-17(2)9-10-18(21)3/h5-10,15H,4,11-14,16H2,1-3H3,(H,23,26). The molecule has 0 saturated carbocycles. The van der Waals surface area contributed by atoms with Gasteiger partial charge in [-0.3, -0.25) is 9.69 Å². The number of benzene rings is 2. The van der Waals surface area contributed by atoms with Crippen LogP contribution in [0.4, 0.5) is 5.69 Å². The molecule has 7 heteroatoms. The second kappa shape index (κ2) is 9.07. The Balaban J connectivity index is 1.59. The SMILES string of the molecule is CCc1ccccc1NC(=O)CN1CCN(S(=O)(=O)c2cc(C)ccc2C)CC1. The van der Waals surface area contributed by atoms with Crippen molar-refractivity contribution in [2.45, 2.75) is 32.1 Å². The molecule has 1 aliphatic rings. The predicted molar refractivity (Wildman–Crippen MR) is 116 cm³/mol. The fourth-order valence-corrected chi connectivity index (χ4v) is 5.33. The van der Waals surface area contributed by atoms with Crippen molar-refractivity contribution < 1.29 is 13.2 Å². The van der Waals surface area contributed by atoms with E-state index in [9.17, 15) is 13.2 Å². The summed E-state index contributed by atoms with van der Waals surface area (Å²) in [4.78, 5) is 14.8. The summed E-state index contributed by atoms with van der Waals surface area (Å²) in [6, 6.07) is 13.3. The van der Waals surface area contributed by atoms with Gasteiger partial charge in [0.1, 0.15) is 0 Å². The average molecular weight is 416 g/mol. The van der Waals surface area contributed by atoms with Crippen LogP contribution in [0, 0.1) is 13.8 Å². The normalized spacial score (nSPS) is 16.0. The molecule has 156 valence electrons. The van der Waals surface area contributed by atoms with E-state index in [1.165, 1.54) is 4.31 Å². The van der Waals surface area contributed by atoms with Crippen LogP contribution in [0.3, 0.4) is 0 Å². The topological polar surface area (TPSA) is 69.7 Å². The molecule has 0 unspecified atom stereocenters. The molecule has 29 heavy (non-hydrogen) atoms. The Labute approximate surface area is 173 Å². The average Bonchev–Trinajstić information content (AvgIpc) is 2.70. The summed E-state index contributed by atoms with van der Waals surface area (Å²) < 4.78 is 27.6. The number of anilines is 1. The lowest BCUT2D eigenvalue weighted by Crippen LogP contribution is -2.50. The lowest BCUT2D eigenvalue weighted by Gasteiger charge is -2.33. The Hall–Kier alpha value is -2.22. The number of rotatable bonds is 6. The molecule has 1 N–H and O–H groups in total. The van der Waals surface area contributed by atoms with E-state index in [0.29, 0.717) is 31.1 Å². The minimum Gasteiger partial charge on any atom is -0.325 e. The Morgan fingerprint density at radius 1 is 1.03 bits per heavy atom. The molecule has 2 aromatic rings. The van der Waals surface area contributed by atoms with E-state index in [4.69, 9.17) is 0 Å². The molecule has 1 heterocycles. The number of nitrogens with zero attached hydrogens (tertiary/aromatic N) is 2. The van der Waals surface area contributed by atoms with Gasteiger partial charge in [0.05, 0.1) is 11.4 Å². The molecule has 0 atom stereocenters. The van der Waals surface area contributed by atoms with E-state index in [0.717, 1.165) is 28.8 Å². The van der Waals surface area contributed by atoms with Gasteiger partial charge in [-0.05, 0) is 49.1 Å². The lowest BCUT2D eigenvalue weighted by atomic mass is 10.1. The molecular formula is C22H29N3O3S. The fraction of sp³-hybridized carbons (Fsp3) is 0.409. The second-order valence-corrected chi connectivity index (χ2v) is 9.41. The number of carbonyl (C=O) groups excluding carboxylic acids is 1. The maximum atomic E-state index is 13.0. The largest absolute Gasteiger partial charge is 0.325 e. The highest BCUT2D eigenvalue weighted by atomic mass is 32.2. The molecule has 6 nitrogen and oxygen atoms in total. The van der Waals surface area contributed by atoms with Gasteiger partial charge in [-0.1, -0.05) is 37.3 Å². The van der Waals surface area contributed by atoms with Crippen molar-refractivity contribution in [3.8, 4) is 0 Å². The van der Waals surface area contributed by atoms with E-state index in [2.05, 4.69) is 12.2 Å². The summed E-state index contributed by atoms with van der Waals surface area (Å²) in [5, 5.41) is 2.98. The number of para-hydroxylation sites is 1. The molecule has 0 radical (unpaired) electrons. The Bertz CT molecular complexity index is 981. The van der Waals surface area contributed by atoms with Crippen molar-refractivity contribution in [3.05, 3.63) is 59.2 Å². The summed E-state index contributed by atoms with van der Waals surface area (Å²) >= 11 is 0. The molecule has 1 amide bonds. The van der Waals surface area contributed by atoms with Crippen molar-refractivity contribution in [2.24, 2.45) is 0 Å². The van der Waals surface area contributed by atoms with Gasteiger partial charge in [0.25, 0.3) is 0 Å². The number of hydrogen-bond donors (Lipinski definition) is 1. The van der Waals surface area contributed by atoms with Gasteiger partial charge in [-0.25, -0.2) is 8.42 Å². The second-order valence-electron chi connectivity index (χ2n) is 7.51. The van der Waals surface area contributed by atoms with Gasteiger partial charge in [0, 0.05) is 31.9 Å². The zero-order valence-electron chi connectivity index (χ0n) is 17.3. The Kier molecular flexibility index (Phi) is 6.72. The van der Waals surface area contributed by atoms with Gasteiger partial charge >= 0.3 is 0 Å². The molecule has 3 rings (SSSR count). The number of carbonyl (C=O) groups is 1. The van der Waals surface area contributed by atoms with Gasteiger partial charge < -0.3 is 5.32 Å². The van der Waals surface area contributed by atoms with Crippen molar-refractivity contribution in [3.63, 3.8) is 0 Å². The first kappa shape index (κ1) is 21.5. The molecule has 2 aromatic carbocycles. The smallest absolute Gasteiger partial charge is 0.243 e. The van der Waals surface area contributed by atoms with Gasteiger partial charge in [0.15, 0.2) is 0 Å². The quantitative estimate of drug-likeness (QED) is 0.788. The van der Waals surface area contributed by atoms with Crippen molar-refractivity contribution >= 4 is 21.6 Å². The molecule has 0 aliphatic carbocycles. The third-order valence-electron chi connectivity index (χ3n) is 5.33. The van der Waals surface area contributed by atoms with E-state index in [-0.39, 0.29) is 12.5 Å². The van der Waals surface area contributed by atoms with Crippen LogP contribution in [-0.4, -0.2) is 56.3 Å². The summed E-state index contributed by atoms with van der Waals surface area (Å²) in [6.45, 7) is 7.87. The number of sulfonamides is 1. The van der Waals surface area contributed by atoms with Crippen LogP contribution in [0.2, 0.25) is 0 Å². The highest BCUT2D eigenvalue weighted by molar-refractivity contribution is 7.89. The number of amides is 1. The zero-order chi connectivity index (χ0) is 21.0. The summed E-state index contributed by atoms with van der Waals surface area (Å²) in [6.07, 6.45) is 0.853. The van der Waals surface area contributed by atoms with Crippen LogP contribution in [0.1, 0.15) is 23.6 Å². The summed E-state index contributed by atoms with van der Waals surface area (Å²) in [5.74, 6) is -0.0725. The van der Waals surface area contributed by atoms with E-state index in [1.807, 2.05) is 55.1 Å². The van der Waals surface area contributed by atoms with Gasteiger partial charge in [-0.15, -0.1) is 0 Å². The van der Waals surface area contributed by atoms with E-state index < -0.39 is 10.0 Å². The van der Waals surface area contributed by atoms with Gasteiger partial charge in [0.2, 0.25) is 15.9 Å². The third-order valence-corrected chi connectivity index (χ3v) is 7.37. The van der Waals surface area contributed by atoms with Crippen LogP contribution in [-0.2, 0) is 21.2 Å². The highest BCUT2D eigenvalue weighted by Gasteiger charge is 2.30. The maximum Gasteiger partial charge on any atom is 0.243 e. The first-order valence-corrected chi connectivity index (χ1v) is 11.4. The highest BCUT2D eigenvalue weighted by Crippen LogP contribution is 2.22. The summed E-state index contributed by atoms with van der Waals surface area (Å²) in [7, 11) is -3.52. The number of nitrogens with one attached hydrogen (secondary N) is 1. The minimum atomic E-state index is -3.52. The maximum absolute atomic E-state index is 13.0. The molecule has 0 spiro atoms. The third kappa shape index (κ3) is 5.04. The summed E-state index contributed by atoms with van der Waals surface area (Å²) in [5.41, 5.74) is 3.63. The number of piperazine rings is 1. The molecule has 1 saturated heterocycles. The lowest BCUT2D eigenvalue weighted by molar-refractivity contribution is -0.117. The Morgan fingerprint density at radius 2 is 1.72 bits per heavy atom. The fourth-order valence-electron chi connectivity index (χ4n) is 3.60. The number of hydrogen-bond acceptors (Lipinski definition) is 4. The van der Waals surface area contributed by atoms with E-state index >= 15 is 0 Å². The first-order valence-electron chi connectivity index (χ1n) is 9.98. The molecule has 1 aliphatic heterocycles. The molecule has 0 aromatic heterocycles. The van der Waals surface area contributed by atoms with Crippen molar-refractivity contribution in [1.82, 2.24) is 9.21 Å². The van der Waals surface area contributed by atoms with Crippen LogP contribution in [0.5, 0.6) is 0 Å². The van der Waals surface area contributed by atoms with Gasteiger partial charge in [-0.2, -0.15) is 4.31 Å². The van der Waals surface area contributed by atoms with E-state index in [1.54, 1.807) is 6.07 Å². The minimum absolute atomic E-state index is 0.0725. The van der Waals surface area contributed by atoms with Crippen LogP contribution in [0.15, 0.2) is 47.4 Å².